The average Bonchev–Trinajstić information content (AvgIpc) is 2.98. The number of carbonyl (C=O) groups is 1. The molecule has 0 spiro atoms. The highest BCUT2D eigenvalue weighted by atomic mass is 16.1. The van der Waals surface area contributed by atoms with Crippen LogP contribution in [0.3, 0.4) is 0 Å². The van der Waals surface area contributed by atoms with Crippen LogP contribution in [0.5, 0.6) is 0 Å². The van der Waals surface area contributed by atoms with Crippen LogP contribution in [0.1, 0.15) is 69.2 Å². The Morgan fingerprint density at radius 2 is 0.684 bits per heavy atom. The van der Waals surface area contributed by atoms with E-state index in [2.05, 4.69) is 24.3 Å². The fourth-order valence-corrected chi connectivity index (χ4v) is 5.55. The quantitative estimate of drug-likeness (QED) is 0.219. The van der Waals surface area contributed by atoms with Crippen molar-refractivity contribution in [2.75, 3.05) is 0 Å². The molecule has 38 heavy (non-hydrogen) atoms. The van der Waals surface area contributed by atoms with Crippen molar-refractivity contribution in [2.45, 2.75) is 50.9 Å². The standard InChI is InChI=1S/C33H38N4O/c34-19-23-9-1-5-13-28(23)32(29-14-6-2-10-24(29)20-35)17-27(38)18-33(30-15-7-3-11-25(30)21-36)31-16-8-4-12-26(31)22-37/h1-16,32-33H,17-22,34-37H2. The second-order valence-electron chi connectivity index (χ2n) is 9.66. The predicted octanol–water partition coefficient (Wildman–Crippen LogP) is 4.83. The van der Waals surface area contributed by atoms with Crippen LogP contribution in [0.4, 0.5) is 0 Å². The first-order valence-electron chi connectivity index (χ1n) is 13.2. The highest BCUT2D eigenvalue weighted by Crippen LogP contribution is 2.37. The normalized spacial score (nSPS) is 11.3. The first-order valence-corrected chi connectivity index (χ1v) is 13.2. The highest BCUT2D eigenvalue weighted by molar-refractivity contribution is 5.81. The molecular weight excluding hydrogens is 468 g/mol. The SMILES string of the molecule is NCc1ccccc1C(CC(=O)CC(c1ccccc1CN)c1ccccc1CN)c1ccccc1CN. The number of hydrogen-bond donors (Lipinski definition) is 4. The molecule has 0 radical (unpaired) electrons. The van der Waals surface area contributed by atoms with Gasteiger partial charge in [0, 0.05) is 50.9 Å². The Kier molecular flexibility index (Phi) is 9.57. The lowest BCUT2D eigenvalue weighted by Gasteiger charge is -2.26. The van der Waals surface area contributed by atoms with Gasteiger partial charge in [0.05, 0.1) is 0 Å². The summed E-state index contributed by atoms with van der Waals surface area (Å²) in [5, 5.41) is 0. The second-order valence-corrected chi connectivity index (χ2v) is 9.66. The molecule has 4 aromatic rings. The van der Waals surface area contributed by atoms with E-state index < -0.39 is 0 Å². The summed E-state index contributed by atoms with van der Waals surface area (Å²) in [4.78, 5) is 14.0. The molecule has 0 amide bonds. The number of ketones is 1. The molecule has 5 nitrogen and oxygen atoms in total. The molecule has 0 aromatic heterocycles. The summed E-state index contributed by atoms with van der Waals surface area (Å²) in [5.74, 6) is -0.119. The van der Waals surface area contributed by atoms with E-state index in [1.54, 1.807) is 0 Å². The van der Waals surface area contributed by atoms with Gasteiger partial charge in [-0.1, -0.05) is 97.1 Å². The van der Waals surface area contributed by atoms with E-state index in [0.717, 1.165) is 44.5 Å². The summed E-state index contributed by atoms with van der Waals surface area (Å²) in [6.45, 7) is 1.62. The minimum absolute atomic E-state index is 0.142. The summed E-state index contributed by atoms with van der Waals surface area (Å²) in [6.07, 6.45) is 0.695. The van der Waals surface area contributed by atoms with E-state index in [1.165, 1.54) is 0 Å². The van der Waals surface area contributed by atoms with E-state index in [1.807, 2.05) is 72.8 Å². The van der Waals surface area contributed by atoms with Crippen molar-refractivity contribution in [1.29, 1.82) is 0 Å². The molecule has 0 atom stereocenters. The Morgan fingerprint density at radius 3 is 0.921 bits per heavy atom. The van der Waals surface area contributed by atoms with Gasteiger partial charge in [-0.3, -0.25) is 4.79 Å². The van der Waals surface area contributed by atoms with E-state index in [-0.39, 0.29) is 17.6 Å². The monoisotopic (exact) mass is 506 g/mol. The number of rotatable bonds is 12. The molecule has 0 bridgehead atoms. The van der Waals surface area contributed by atoms with Gasteiger partial charge in [0.25, 0.3) is 0 Å². The van der Waals surface area contributed by atoms with Gasteiger partial charge in [0.1, 0.15) is 5.78 Å². The summed E-state index contributed by atoms with van der Waals surface area (Å²) in [7, 11) is 0. The van der Waals surface area contributed by atoms with Gasteiger partial charge in [-0.25, -0.2) is 0 Å². The smallest absolute Gasteiger partial charge is 0.134 e. The Bertz CT molecular complexity index is 1170. The van der Waals surface area contributed by atoms with Crippen LogP contribution in [0.2, 0.25) is 0 Å². The third-order valence-electron chi connectivity index (χ3n) is 7.47. The van der Waals surface area contributed by atoms with Crippen LogP contribution in [-0.4, -0.2) is 5.78 Å². The molecule has 0 saturated carbocycles. The molecule has 0 unspecified atom stereocenters. The third kappa shape index (κ3) is 6.09. The van der Waals surface area contributed by atoms with Gasteiger partial charge in [-0.15, -0.1) is 0 Å². The van der Waals surface area contributed by atoms with E-state index in [0.29, 0.717) is 39.0 Å². The Balaban J connectivity index is 1.76. The maximum atomic E-state index is 14.0. The number of hydrogen-bond acceptors (Lipinski definition) is 5. The Hall–Kier alpha value is -3.61. The minimum Gasteiger partial charge on any atom is -0.326 e. The van der Waals surface area contributed by atoms with Crippen molar-refractivity contribution in [2.24, 2.45) is 22.9 Å². The predicted molar refractivity (Wildman–Crippen MR) is 155 cm³/mol. The second kappa shape index (κ2) is 13.3. The summed E-state index contributed by atoms with van der Waals surface area (Å²) < 4.78 is 0. The molecule has 5 heteroatoms. The van der Waals surface area contributed by atoms with Crippen LogP contribution in [0.25, 0.3) is 0 Å². The molecule has 0 saturated heterocycles. The topological polar surface area (TPSA) is 121 Å². The van der Waals surface area contributed by atoms with Crippen LogP contribution in [0.15, 0.2) is 97.1 Å². The average molecular weight is 507 g/mol. The maximum Gasteiger partial charge on any atom is 0.134 e. The lowest BCUT2D eigenvalue weighted by molar-refractivity contribution is -0.119. The van der Waals surface area contributed by atoms with Gasteiger partial charge < -0.3 is 22.9 Å². The summed E-state index contributed by atoms with van der Waals surface area (Å²) in [6, 6.07) is 32.5. The first-order chi connectivity index (χ1) is 18.6. The van der Waals surface area contributed by atoms with Crippen molar-refractivity contribution in [3.63, 3.8) is 0 Å². The fourth-order valence-electron chi connectivity index (χ4n) is 5.55. The molecule has 0 fully saturated rings. The van der Waals surface area contributed by atoms with E-state index in [9.17, 15) is 4.79 Å². The molecule has 0 heterocycles. The minimum atomic E-state index is -0.142. The van der Waals surface area contributed by atoms with Crippen LogP contribution >= 0.6 is 0 Å². The van der Waals surface area contributed by atoms with E-state index >= 15 is 0 Å². The molecule has 0 aliphatic carbocycles. The van der Waals surface area contributed by atoms with Crippen molar-refractivity contribution in [3.8, 4) is 0 Å². The van der Waals surface area contributed by atoms with Crippen molar-refractivity contribution in [1.82, 2.24) is 0 Å². The van der Waals surface area contributed by atoms with Gasteiger partial charge in [-0.05, 0) is 44.5 Å². The lowest BCUT2D eigenvalue weighted by atomic mass is 9.78. The van der Waals surface area contributed by atoms with Gasteiger partial charge in [0.15, 0.2) is 0 Å². The van der Waals surface area contributed by atoms with E-state index in [4.69, 9.17) is 22.9 Å². The third-order valence-corrected chi connectivity index (χ3v) is 7.47. The van der Waals surface area contributed by atoms with Gasteiger partial charge in [0.2, 0.25) is 0 Å². The fraction of sp³-hybridized carbons (Fsp3) is 0.242. The lowest BCUT2D eigenvalue weighted by Crippen LogP contribution is -2.18. The Labute approximate surface area is 225 Å². The zero-order chi connectivity index (χ0) is 26.9. The van der Waals surface area contributed by atoms with Crippen LogP contribution in [-0.2, 0) is 31.0 Å². The molecule has 196 valence electrons. The molecule has 0 aliphatic rings. The molecule has 4 aromatic carbocycles. The van der Waals surface area contributed by atoms with Crippen molar-refractivity contribution >= 4 is 5.78 Å². The van der Waals surface area contributed by atoms with Crippen molar-refractivity contribution < 1.29 is 4.79 Å². The summed E-state index contributed by atoms with van der Waals surface area (Å²) >= 11 is 0. The van der Waals surface area contributed by atoms with Gasteiger partial charge in [-0.2, -0.15) is 0 Å². The number of carbonyl (C=O) groups excluding carboxylic acids is 1. The number of benzene rings is 4. The van der Waals surface area contributed by atoms with Crippen molar-refractivity contribution in [3.05, 3.63) is 142 Å². The first kappa shape index (κ1) is 27.4. The Morgan fingerprint density at radius 1 is 0.447 bits per heavy atom. The zero-order valence-electron chi connectivity index (χ0n) is 21.9. The van der Waals surface area contributed by atoms with Crippen LogP contribution in [0, 0.1) is 0 Å². The summed E-state index contributed by atoms with van der Waals surface area (Å²) in [5.41, 5.74) is 33.0. The largest absolute Gasteiger partial charge is 0.326 e. The maximum absolute atomic E-state index is 14.0. The number of nitrogens with two attached hydrogens (primary N) is 4. The van der Waals surface area contributed by atoms with Gasteiger partial charge >= 0.3 is 0 Å². The molecule has 0 aliphatic heterocycles. The highest BCUT2D eigenvalue weighted by Gasteiger charge is 2.27. The molecule has 4 rings (SSSR count). The molecule has 8 N–H and O–H groups in total. The number of Topliss-reactive ketones (excluding diaryl/α,β-unsaturated/α-hetero) is 1. The van der Waals surface area contributed by atoms with Crippen LogP contribution < -0.4 is 22.9 Å². The molecular formula is C33H38N4O. The zero-order valence-corrected chi connectivity index (χ0v) is 21.9.